The number of rotatable bonds is 6. The molecule has 0 saturated carbocycles. The Labute approximate surface area is 76.6 Å². The van der Waals surface area contributed by atoms with Crippen molar-refractivity contribution < 1.29 is 0 Å². The highest BCUT2D eigenvalue weighted by atomic mass is 14.6. The van der Waals surface area contributed by atoms with Gasteiger partial charge in [0.15, 0.2) is 0 Å². The maximum atomic E-state index is 3.95. The molecule has 12 heavy (non-hydrogen) atoms. The van der Waals surface area contributed by atoms with Gasteiger partial charge in [-0.2, -0.15) is 0 Å². The van der Waals surface area contributed by atoms with Crippen LogP contribution in [0.15, 0.2) is 16.6 Å². The summed E-state index contributed by atoms with van der Waals surface area (Å²) in [5, 5.41) is 0. The van der Waals surface area contributed by atoms with Crippen molar-refractivity contribution in [1.82, 2.24) is 0 Å². The van der Waals surface area contributed by atoms with Gasteiger partial charge < -0.3 is 4.99 Å². The maximum absolute atomic E-state index is 3.95. The molecule has 0 atom stereocenters. The molecule has 0 aromatic rings. The molecule has 0 aliphatic heterocycles. The van der Waals surface area contributed by atoms with Crippen molar-refractivity contribution in [2.75, 3.05) is 7.05 Å². The van der Waals surface area contributed by atoms with Gasteiger partial charge in [0.2, 0.25) is 0 Å². The number of hydrogen-bond acceptors (Lipinski definition) is 1. The number of allylic oxidation sites excluding steroid dienone is 2. The van der Waals surface area contributed by atoms with Gasteiger partial charge in [-0.3, -0.25) is 0 Å². The maximum Gasteiger partial charge on any atom is 0.0273 e. The predicted octanol–water partition coefficient (Wildman–Crippen LogP) is 3.60. The fourth-order valence-corrected chi connectivity index (χ4v) is 1.15. The number of aliphatic imine (C=N–C) groups is 1. The monoisotopic (exact) mass is 167 g/mol. The first-order valence-corrected chi connectivity index (χ1v) is 4.93. The zero-order valence-corrected chi connectivity index (χ0v) is 8.64. The molecule has 0 aromatic carbocycles. The van der Waals surface area contributed by atoms with Gasteiger partial charge in [-0.25, -0.2) is 0 Å². The smallest absolute Gasteiger partial charge is 0.0273 e. The summed E-state index contributed by atoms with van der Waals surface area (Å²) in [6, 6.07) is 0. The quantitative estimate of drug-likeness (QED) is 0.423. The van der Waals surface area contributed by atoms with Crippen molar-refractivity contribution >= 4 is 6.21 Å². The van der Waals surface area contributed by atoms with E-state index in [0.717, 1.165) is 6.42 Å². The minimum atomic E-state index is 1.00. The summed E-state index contributed by atoms with van der Waals surface area (Å²) in [7, 11) is 1.82. The summed E-state index contributed by atoms with van der Waals surface area (Å²) in [5.74, 6) is 0. The van der Waals surface area contributed by atoms with Crippen LogP contribution in [0.25, 0.3) is 0 Å². The van der Waals surface area contributed by atoms with E-state index in [1.807, 2.05) is 13.3 Å². The minimum Gasteiger partial charge on any atom is -0.301 e. The van der Waals surface area contributed by atoms with Crippen molar-refractivity contribution in [3.05, 3.63) is 11.6 Å². The van der Waals surface area contributed by atoms with Crippen LogP contribution in [0.4, 0.5) is 0 Å². The molecular weight excluding hydrogens is 146 g/mol. The normalized spacial score (nSPS) is 12.8. The van der Waals surface area contributed by atoms with Crippen LogP contribution in [0, 0.1) is 0 Å². The SMILES string of the molecule is CCCC/C(=C/CC=NC)CC. The molecule has 0 aromatic heterocycles. The molecule has 0 saturated heterocycles. The Morgan fingerprint density at radius 1 is 1.33 bits per heavy atom. The van der Waals surface area contributed by atoms with Gasteiger partial charge in [0.25, 0.3) is 0 Å². The van der Waals surface area contributed by atoms with Crippen LogP contribution in [0.2, 0.25) is 0 Å². The Kier molecular flexibility index (Phi) is 8.09. The number of hydrogen-bond donors (Lipinski definition) is 0. The highest BCUT2D eigenvalue weighted by Crippen LogP contribution is 2.11. The molecule has 0 spiro atoms. The van der Waals surface area contributed by atoms with E-state index in [4.69, 9.17) is 0 Å². The molecule has 0 unspecified atom stereocenters. The fourth-order valence-electron chi connectivity index (χ4n) is 1.15. The Hall–Kier alpha value is -0.590. The van der Waals surface area contributed by atoms with E-state index in [0.29, 0.717) is 0 Å². The molecule has 0 aliphatic carbocycles. The highest BCUT2D eigenvalue weighted by molar-refractivity contribution is 5.59. The van der Waals surface area contributed by atoms with Gasteiger partial charge in [0, 0.05) is 19.7 Å². The van der Waals surface area contributed by atoms with Gasteiger partial charge >= 0.3 is 0 Å². The molecule has 0 radical (unpaired) electrons. The number of unbranched alkanes of at least 4 members (excludes halogenated alkanes) is 1. The molecular formula is C11H21N. The summed E-state index contributed by atoms with van der Waals surface area (Å²) in [6.07, 6.45) is 10.3. The van der Waals surface area contributed by atoms with Crippen molar-refractivity contribution in [2.45, 2.75) is 46.0 Å². The van der Waals surface area contributed by atoms with Crippen molar-refractivity contribution in [1.29, 1.82) is 0 Å². The molecule has 1 heteroatoms. The molecule has 0 fully saturated rings. The number of nitrogens with zero attached hydrogens (tertiary/aromatic N) is 1. The van der Waals surface area contributed by atoms with E-state index >= 15 is 0 Å². The Balaban J connectivity index is 3.70. The van der Waals surface area contributed by atoms with Gasteiger partial charge in [-0.1, -0.05) is 31.9 Å². The zero-order valence-electron chi connectivity index (χ0n) is 8.64. The van der Waals surface area contributed by atoms with Crippen LogP contribution in [-0.2, 0) is 0 Å². The second-order valence-corrected chi connectivity index (χ2v) is 3.00. The fraction of sp³-hybridized carbons (Fsp3) is 0.727. The first-order chi connectivity index (χ1) is 5.85. The topological polar surface area (TPSA) is 12.4 Å². The Morgan fingerprint density at radius 3 is 2.58 bits per heavy atom. The lowest BCUT2D eigenvalue weighted by molar-refractivity contribution is 0.764. The van der Waals surface area contributed by atoms with E-state index < -0.39 is 0 Å². The lowest BCUT2D eigenvalue weighted by atomic mass is 10.1. The van der Waals surface area contributed by atoms with Crippen LogP contribution in [0.1, 0.15) is 46.0 Å². The van der Waals surface area contributed by atoms with Crippen molar-refractivity contribution in [3.63, 3.8) is 0 Å². The lowest BCUT2D eigenvalue weighted by Crippen LogP contribution is -1.82. The Bertz CT molecular complexity index is 145. The second-order valence-electron chi connectivity index (χ2n) is 3.00. The summed E-state index contributed by atoms with van der Waals surface area (Å²) < 4.78 is 0. The average molecular weight is 167 g/mol. The molecule has 0 aliphatic rings. The van der Waals surface area contributed by atoms with Crippen LogP contribution in [0.3, 0.4) is 0 Å². The van der Waals surface area contributed by atoms with Crippen LogP contribution in [0.5, 0.6) is 0 Å². The Morgan fingerprint density at radius 2 is 2.08 bits per heavy atom. The van der Waals surface area contributed by atoms with E-state index in [-0.39, 0.29) is 0 Å². The molecule has 0 bridgehead atoms. The lowest BCUT2D eigenvalue weighted by Gasteiger charge is -2.01. The van der Waals surface area contributed by atoms with E-state index in [9.17, 15) is 0 Å². The van der Waals surface area contributed by atoms with Crippen LogP contribution in [-0.4, -0.2) is 13.3 Å². The van der Waals surface area contributed by atoms with Crippen molar-refractivity contribution in [3.8, 4) is 0 Å². The van der Waals surface area contributed by atoms with E-state index in [1.165, 1.54) is 25.7 Å². The third-order valence-electron chi connectivity index (χ3n) is 2.00. The molecule has 0 N–H and O–H groups in total. The van der Waals surface area contributed by atoms with Gasteiger partial charge in [0.05, 0.1) is 0 Å². The largest absolute Gasteiger partial charge is 0.301 e. The van der Waals surface area contributed by atoms with Crippen LogP contribution < -0.4 is 0 Å². The minimum absolute atomic E-state index is 1.00. The molecule has 0 amide bonds. The van der Waals surface area contributed by atoms with Crippen LogP contribution >= 0.6 is 0 Å². The third-order valence-corrected chi connectivity index (χ3v) is 2.00. The highest BCUT2D eigenvalue weighted by Gasteiger charge is 1.91. The van der Waals surface area contributed by atoms with Crippen molar-refractivity contribution in [2.24, 2.45) is 4.99 Å². The average Bonchev–Trinajstić information content (AvgIpc) is 2.11. The standard InChI is InChI=1S/C11H21N/c1-4-6-8-11(5-2)9-7-10-12-3/h9-10H,4-8H2,1-3H3/b11-9+,12-10?. The van der Waals surface area contributed by atoms with Gasteiger partial charge in [-0.05, 0) is 19.3 Å². The summed E-state index contributed by atoms with van der Waals surface area (Å²) in [5.41, 5.74) is 1.58. The summed E-state index contributed by atoms with van der Waals surface area (Å²) in [6.45, 7) is 4.46. The molecule has 1 nitrogen and oxygen atoms in total. The molecule has 0 heterocycles. The zero-order chi connectivity index (χ0) is 9.23. The summed E-state index contributed by atoms with van der Waals surface area (Å²) >= 11 is 0. The third kappa shape index (κ3) is 6.14. The molecule has 0 rings (SSSR count). The first kappa shape index (κ1) is 11.4. The second kappa shape index (κ2) is 8.51. The van der Waals surface area contributed by atoms with Gasteiger partial charge in [0.1, 0.15) is 0 Å². The van der Waals surface area contributed by atoms with E-state index in [1.54, 1.807) is 5.57 Å². The molecule has 70 valence electrons. The summed E-state index contributed by atoms with van der Waals surface area (Å²) in [4.78, 5) is 3.95. The van der Waals surface area contributed by atoms with Gasteiger partial charge in [-0.15, -0.1) is 0 Å². The predicted molar refractivity (Wildman–Crippen MR) is 56.9 cm³/mol. The first-order valence-electron chi connectivity index (χ1n) is 4.93. The van der Waals surface area contributed by atoms with E-state index in [2.05, 4.69) is 24.9 Å².